The number of hydrogen-bond acceptors (Lipinski definition) is 7. The summed E-state index contributed by atoms with van der Waals surface area (Å²) >= 11 is 0. The summed E-state index contributed by atoms with van der Waals surface area (Å²) in [6.45, 7) is 10.4. The molecule has 1 aliphatic heterocycles. The lowest BCUT2D eigenvalue weighted by molar-refractivity contribution is -0.864. The van der Waals surface area contributed by atoms with E-state index in [0.29, 0.717) is 28.7 Å². The highest BCUT2D eigenvalue weighted by Gasteiger charge is 2.43. The van der Waals surface area contributed by atoms with Gasteiger partial charge in [-0.1, -0.05) is 39.0 Å². The Bertz CT molecular complexity index is 901. The number of rotatable bonds is 8. The molecule has 0 unspecified atom stereocenters. The monoisotopic (exact) mass is 535 g/mol. The van der Waals surface area contributed by atoms with Gasteiger partial charge in [0.25, 0.3) is 0 Å². The van der Waals surface area contributed by atoms with Crippen LogP contribution in [-0.2, 0) is 23.9 Å². The smallest absolute Gasteiger partial charge is 0.311 e. The van der Waals surface area contributed by atoms with E-state index in [1.165, 1.54) is 5.57 Å². The zero-order valence-electron chi connectivity index (χ0n) is 24.6. The van der Waals surface area contributed by atoms with Gasteiger partial charge in [-0.25, -0.2) is 0 Å². The Morgan fingerprint density at radius 3 is 2.37 bits per heavy atom. The van der Waals surface area contributed by atoms with Crippen LogP contribution in [-0.4, -0.2) is 73.5 Å². The van der Waals surface area contributed by atoms with Crippen LogP contribution in [0.4, 0.5) is 0 Å². The molecule has 0 bridgehead atoms. The zero-order valence-corrected chi connectivity index (χ0v) is 24.6. The topological polar surface area (TPSA) is 113 Å². The van der Waals surface area contributed by atoms with E-state index in [0.717, 1.165) is 25.7 Å². The number of nitrogens with zero attached hydrogens (tertiary/aromatic N) is 1. The molecule has 8 nitrogen and oxygen atoms in total. The zero-order chi connectivity index (χ0) is 28.8. The molecule has 1 saturated heterocycles. The van der Waals surface area contributed by atoms with Crippen molar-refractivity contribution in [1.82, 2.24) is 0 Å². The number of ether oxygens (including phenoxy) is 2. The molecule has 1 heterocycles. The Hall–Kier alpha value is -2.19. The summed E-state index contributed by atoms with van der Waals surface area (Å²) < 4.78 is 12.0. The van der Waals surface area contributed by atoms with Crippen LogP contribution in [0.3, 0.4) is 0 Å². The van der Waals surface area contributed by atoms with E-state index in [1.807, 2.05) is 20.8 Å². The maximum Gasteiger partial charge on any atom is 0.311 e. The summed E-state index contributed by atoms with van der Waals surface area (Å²) in [6.07, 6.45) is 9.61. The molecule has 1 fully saturated rings. The minimum Gasteiger partial charge on any atom is -0.544 e. The highest BCUT2D eigenvalue weighted by molar-refractivity contribution is 5.76. The van der Waals surface area contributed by atoms with Crippen molar-refractivity contribution in [3.63, 3.8) is 0 Å². The lowest BCUT2D eigenvalue weighted by Crippen LogP contribution is -2.45. The third-order valence-electron chi connectivity index (χ3n) is 7.95. The molecule has 0 radical (unpaired) electrons. The van der Waals surface area contributed by atoms with Gasteiger partial charge < -0.3 is 29.0 Å². The van der Waals surface area contributed by atoms with Crippen LogP contribution >= 0.6 is 0 Å². The molecule has 1 N–H and O–H groups in total. The first-order valence-electron chi connectivity index (χ1n) is 14.0. The molecule has 0 amide bonds. The van der Waals surface area contributed by atoms with Gasteiger partial charge in [-0.3, -0.25) is 9.59 Å². The fraction of sp³-hybridized carbons (Fsp3) is 0.767. The number of carbonyl (C=O) groups excluding carboxylic acids is 3. The summed E-state index contributed by atoms with van der Waals surface area (Å²) in [5.74, 6) is -0.226. The number of carbonyl (C=O) groups is 3. The Kier molecular flexibility index (Phi) is 11.2. The van der Waals surface area contributed by atoms with Crippen molar-refractivity contribution >= 4 is 17.9 Å². The lowest BCUT2D eigenvalue weighted by Gasteiger charge is -2.44. The third kappa shape index (κ3) is 9.53. The molecule has 0 aromatic rings. The van der Waals surface area contributed by atoms with Crippen molar-refractivity contribution in [1.29, 1.82) is 0 Å². The fourth-order valence-electron chi connectivity index (χ4n) is 5.47. The van der Waals surface area contributed by atoms with Crippen molar-refractivity contribution in [2.45, 2.75) is 91.5 Å². The van der Waals surface area contributed by atoms with E-state index >= 15 is 0 Å². The number of cyclic esters (lactones) is 1. The molecule has 0 aromatic carbocycles. The molecule has 8 heteroatoms. The van der Waals surface area contributed by atoms with E-state index in [2.05, 4.69) is 32.1 Å². The fourth-order valence-corrected chi connectivity index (χ4v) is 5.47. The summed E-state index contributed by atoms with van der Waals surface area (Å²) in [5.41, 5.74) is 0.785. The van der Waals surface area contributed by atoms with E-state index in [9.17, 15) is 24.6 Å². The van der Waals surface area contributed by atoms with Crippen LogP contribution < -0.4 is 5.11 Å². The number of carboxylic acid groups (broad SMARTS) is 1. The number of aliphatic carboxylic acids is 1. The quantitative estimate of drug-likeness (QED) is 0.375. The van der Waals surface area contributed by atoms with Gasteiger partial charge in [0, 0.05) is 12.3 Å². The van der Waals surface area contributed by atoms with Gasteiger partial charge in [-0.15, -0.1) is 0 Å². The normalized spacial score (nSPS) is 31.2. The Labute approximate surface area is 228 Å². The summed E-state index contributed by atoms with van der Waals surface area (Å²) in [7, 11) is 5.40. The van der Waals surface area contributed by atoms with Crippen LogP contribution in [0.2, 0.25) is 0 Å². The maximum absolute atomic E-state index is 12.9. The molecular weight excluding hydrogens is 486 g/mol. The average Bonchev–Trinajstić information content (AvgIpc) is 2.76. The van der Waals surface area contributed by atoms with Crippen molar-refractivity contribution in [3.05, 3.63) is 23.8 Å². The van der Waals surface area contributed by atoms with Crippen molar-refractivity contribution in [2.24, 2.45) is 29.1 Å². The first-order valence-corrected chi connectivity index (χ1v) is 14.0. The number of carboxylic acids is 1. The predicted octanol–water partition coefficient (Wildman–Crippen LogP) is 3.03. The molecule has 0 spiro atoms. The van der Waals surface area contributed by atoms with Crippen LogP contribution in [0.1, 0.15) is 73.1 Å². The summed E-state index contributed by atoms with van der Waals surface area (Å²) in [5, 5.41) is 19.8. The van der Waals surface area contributed by atoms with Gasteiger partial charge in [0.05, 0.1) is 45.1 Å². The van der Waals surface area contributed by atoms with Crippen molar-refractivity contribution < 1.29 is 38.6 Å². The van der Waals surface area contributed by atoms with E-state index < -0.39 is 17.5 Å². The number of likely N-dealkylation sites (N-methyl/N-ethyl adjacent to an activating group) is 1. The van der Waals surface area contributed by atoms with Crippen molar-refractivity contribution in [3.8, 4) is 0 Å². The second-order valence-corrected chi connectivity index (χ2v) is 13.1. The minimum atomic E-state index is -1.00. The Morgan fingerprint density at radius 2 is 1.84 bits per heavy atom. The number of hydrogen-bond donors (Lipinski definition) is 1. The highest BCUT2D eigenvalue weighted by atomic mass is 16.6. The number of aliphatic hydroxyl groups excluding tert-OH is 1. The average molecular weight is 536 g/mol. The molecule has 3 rings (SSSR count). The van der Waals surface area contributed by atoms with E-state index in [-0.39, 0.29) is 43.0 Å². The third-order valence-corrected chi connectivity index (χ3v) is 7.95. The lowest BCUT2D eigenvalue weighted by atomic mass is 9.65. The first-order chi connectivity index (χ1) is 17.5. The van der Waals surface area contributed by atoms with E-state index in [4.69, 9.17) is 9.47 Å². The molecular formula is C30H49NO7. The van der Waals surface area contributed by atoms with Gasteiger partial charge in [0.1, 0.15) is 18.8 Å². The van der Waals surface area contributed by atoms with Gasteiger partial charge in [0.2, 0.25) is 0 Å². The molecule has 7 atom stereocenters. The number of aliphatic hydroxyl groups is 1. The van der Waals surface area contributed by atoms with Crippen LogP contribution in [0.5, 0.6) is 0 Å². The minimum absolute atomic E-state index is 0.0694. The van der Waals surface area contributed by atoms with Crippen LogP contribution in [0.25, 0.3) is 0 Å². The predicted molar refractivity (Wildman–Crippen MR) is 143 cm³/mol. The maximum atomic E-state index is 12.9. The highest BCUT2D eigenvalue weighted by Crippen LogP contribution is 2.45. The van der Waals surface area contributed by atoms with Gasteiger partial charge in [-0.05, 0) is 62.9 Å². The standard InChI is InChI=1S/C25H38O5.C5H11NO2/c1-6-25(4,5)24(28)30-21-12-15(2)11-17-8-7-16(3)20(23(17)21)10-9-19-13-18(26)14-22(27)29-19;1-6(2,3)4-5(7)8/h7-8,11,15-16,18-21,23,26H,6,9-10,12-14H2,1-5H3;4H2,1-3H3/t15-,16-,18+,19+,20-,21-,23-;/m0./s1. The molecule has 3 aliphatic rings. The Balaban J connectivity index is 0.000000550. The Morgan fingerprint density at radius 1 is 1.18 bits per heavy atom. The summed E-state index contributed by atoms with van der Waals surface area (Å²) in [6, 6.07) is 0. The van der Waals surface area contributed by atoms with Gasteiger partial charge in [-0.2, -0.15) is 0 Å². The molecule has 0 aromatic heterocycles. The SMILES string of the molecule is CCC(C)(C)C(=O)O[C@H]1C[C@@H](C)C=C2C=C[C@H](C)[C@H](CC[C@@H]3C[C@@H](O)CC(=O)O3)[C@H]21.C[N+](C)(C)CC(=O)[O-]. The van der Waals surface area contributed by atoms with Crippen molar-refractivity contribution in [2.75, 3.05) is 27.7 Å². The largest absolute Gasteiger partial charge is 0.544 e. The second kappa shape index (κ2) is 13.2. The number of allylic oxidation sites excluding steroid dienone is 3. The summed E-state index contributed by atoms with van der Waals surface area (Å²) in [4.78, 5) is 34.5. The number of esters is 2. The number of quaternary nitrogens is 1. The van der Waals surface area contributed by atoms with Gasteiger partial charge in [0.15, 0.2) is 0 Å². The first kappa shape index (κ1) is 32.0. The van der Waals surface area contributed by atoms with E-state index in [1.54, 1.807) is 21.1 Å². The molecule has 38 heavy (non-hydrogen) atoms. The van der Waals surface area contributed by atoms with Crippen LogP contribution in [0, 0.1) is 29.1 Å². The van der Waals surface area contributed by atoms with Gasteiger partial charge >= 0.3 is 11.9 Å². The molecule has 2 aliphatic carbocycles. The van der Waals surface area contributed by atoms with Crippen LogP contribution in [0.15, 0.2) is 23.8 Å². The number of fused-ring (bicyclic) bond motifs is 1. The molecule has 0 saturated carbocycles. The molecule has 216 valence electrons. The second-order valence-electron chi connectivity index (χ2n) is 13.1.